The van der Waals surface area contributed by atoms with Crippen LogP contribution in [-0.4, -0.2) is 71.7 Å². The van der Waals surface area contributed by atoms with Gasteiger partial charge in [0, 0.05) is 30.0 Å². The van der Waals surface area contributed by atoms with Gasteiger partial charge in [0.15, 0.2) is 0 Å². The van der Waals surface area contributed by atoms with E-state index >= 15 is 0 Å². The number of ether oxygens (including phenoxy) is 2. The zero-order valence-corrected chi connectivity index (χ0v) is 23.1. The monoisotopic (exact) mass is 540 g/mol. The molecule has 2 N–H and O–H groups in total. The number of hydrogen-bond donors (Lipinski definition) is 2. The molecule has 1 atom stereocenters. The first-order valence-electron chi connectivity index (χ1n) is 11.8. The van der Waals surface area contributed by atoms with E-state index in [-0.39, 0.29) is 18.0 Å². The number of nitrogens with zero attached hydrogens (tertiary/aromatic N) is 1. The van der Waals surface area contributed by atoms with Crippen LogP contribution >= 0.6 is 11.8 Å². The Morgan fingerprint density at radius 1 is 1.19 bits per heavy atom. The van der Waals surface area contributed by atoms with Crippen LogP contribution in [0.1, 0.15) is 53.9 Å². The van der Waals surface area contributed by atoms with Crippen molar-refractivity contribution in [3.8, 4) is 17.6 Å². The highest BCUT2D eigenvalue weighted by Gasteiger charge is 2.48. The molecule has 36 heavy (non-hydrogen) atoms. The maximum atomic E-state index is 13.2. The lowest BCUT2D eigenvalue weighted by atomic mass is 10.0. The van der Waals surface area contributed by atoms with Crippen molar-refractivity contribution >= 4 is 33.8 Å². The van der Waals surface area contributed by atoms with Gasteiger partial charge in [-0.05, 0) is 71.7 Å². The number of sulfonamides is 1. The Kier molecular flexibility index (Phi) is 10.5. The number of carbonyl (C=O) groups excluding carboxylic acids is 1. The third-order valence-electron chi connectivity index (χ3n) is 5.23. The van der Waals surface area contributed by atoms with Crippen molar-refractivity contribution in [2.75, 3.05) is 25.4 Å². The molecule has 1 aromatic rings. The largest absolute Gasteiger partial charge is 0.481 e. The second-order valence-electron chi connectivity index (χ2n) is 9.81. The number of nitrogens with one attached hydrogen (secondary N) is 1. The minimum absolute atomic E-state index is 0.0230. The van der Waals surface area contributed by atoms with E-state index in [1.165, 1.54) is 36.0 Å². The van der Waals surface area contributed by atoms with Gasteiger partial charge in [0.05, 0.1) is 4.90 Å². The van der Waals surface area contributed by atoms with E-state index in [4.69, 9.17) is 9.47 Å². The SMILES string of the molecule is CC(C)(C)OC(=O)NCCCCC#CCOc1ccc(S(=O)(=O)N2CCSC(C)(C)C2C(=O)O)cc1. The number of rotatable bonds is 9. The van der Waals surface area contributed by atoms with E-state index in [2.05, 4.69) is 17.2 Å². The van der Waals surface area contributed by atoms with E-state index in [0.717, 1.165) is 17.1 Å². The van der Waals surface area contributed by atoms with E-state index in [1.54, 1.807) is 13.8 Å². The van der Waals surface area contributed by atoms with Crippen molar-refractivity contribution in [2.24, 2.45) is 0 Å². The number of carbonyl (C=O) groups is 2. The Morgan fingerprint density at radius 3 is 2.47 bits per heavy atom. The highest BCUT2D eigenvalue weighted by molar-refractivity contribution is 8.00. The fourth-order valence-electron chi connectivity index (χ4n) is 3.58. The van der Waals surface area contributed by atoms with Gasteiger partial charge >= 0.3 is 12.1 Å². The molecule has 1 aliphatic rings. The van der Waals surface area contributed by atoms with Crippen molar-refractivity contribution < 1.29 is 32.6 Å². The van der Waals surface area contributed by atoms with Gasteiger partial charge in [-0.2, -0.15) is 16.1 Å². The number of amides is 1. The molecule has 0 spiro atoms. The van der Waals surface area contributed by atoms with Crippen molar-refractivity contribution in [1.82, 2.24) is 9.62 Å². The summed E-state index contributed by atoms with van der Waals surface area (Å²) in [5.74, 6) is 5.75. The Bertz CT molecular complexity index is 1070. The van der Waals surface area contributed by atoms with E-state index in [0.29, 0.717) is 24.5 Å². The van der Waals surface area contributed by atoms with Gasteiger partial charge in [-0.3, -0.25) is 4.79 Å². The fourth-order valence-corrected chi connectivity index (χ4v) is 6.67. The zero-order valence-electron chi connectivity index (χ0n) is 21.5. The van der Waals surface area contributed by atoms with Gasteiger partial charge in [-0.15, -0.1) is 0 Å². The lowest BCUT2D eigenvalue weighted by molar-refractivity contribution is -0.142. The number of thioether (sulfide) groups is 1. The standard InChI is InChI=1S/C25H36N2O7S2/c1-24(2,3)34-23(30)26-15-9-7-6-8-10-17-33-19-11-13-20(14-12-19)36(31,32)27-16-18-35-25(4,5)21(27)22(28)29/h11-14,21H,6-7,9,15-18H2,1-5H3,(H,26,30)(H,28,29). The third-order valence-corrected chi connectivity index (χ3v) is 8.46. The highest BCUT2D eigenvalue weighted by Crippen LogP contribution is 2.38. The summed E-state index contributed by atoms with van der Waals surface area (Å²) in [5, 5.41) is 12.4. The van der Waals surface area contributed by atoms with Crippen LogP contribution in [0.2, 0.25) is 0 Å². The summed E-state index contributed by atoms with van der Waals surface area (Å²) in [6.45, 7) is 9.74. The van der Waals surface area contributed by atoms with Crippen molar-refractivity contribution in [1.29, 1.82) is 0 Å². The van der Waals surface area contributed by atoms with Crippen LogP contribution in [0.3, 0.4) is 0 Å². The Balaban J connectivity index is 1.80. The molecule has 9 nitrogen and oxygen atoms in total. The number of carboxylic acid groups (broad SMARTS) is 1. The van der Waals surface area contributed by atoms with Gasteiger partial charge < -0.3 is 19.9 Å². The second kappa shape index (κ2) is 12.7. The van der Waals surface area contributed by atoms with E-state index < -0.39 is 38.5 Å². The molecule has 0 aliphatic carbocycles. The molecule has 11 heteroatoms. The molecule has 0 bridgehead atoms. The summed E-state index contributed by atoms with van der Waals surface area (Å²) in [6, 6.07) is 4.76. The molecule has 2 rings (SSSR count). The molecular formula is C25H36N2O7S2. The molecular weight excluding hydrogens is 504 g/mol. The highest BCUT2D eigenvalue weighted by atomic mass is 32.2. The lowest BCUT2D eigenvalue weighted by Crippen LogP contribution is -2.58. The van der Waals surface area contributed by atoms with Crippen molar-refractivity contribution in [3.05, 3.63) is 24.3 Å². The molecule has 0 saturated carbocycles. The average molecular weight is 541 g/mol. The summed E-state index contributed by atoms with van der Waals surface area (Å²) in [5.41, 5.74) is -0.517. The quantitative estimate of drug-likeness (QED) is 0.359. The molecule has 1 amide bonds. The predicted molar refractivity (Wildman–Crippen MR) is 140 cm³/mol. The predicted octanol–water partition coefficient (Wildman–Crippen LogP) is 3.73. The molecule has 0 radical (unpaired) electrons. The summed E-state index contributed by atoms with van der Waals surface area (Å²) < 4.78 is 37.4. The Morgan fingerprint density at radius 2 is 1.86 bits per heavy atom. The van der Waals surface area contributed by atoms with E-state index in [1.807, 2.05) is 20.8 Å². The number of carboxylic acids is 1. The first-order chi connectivity index (χ1) is 16.7. The van der Waals surface area contributed by atoms with Crippen LogP contribution in [0.25, 0.3) is 0 Å². The topological polar surface area (TPSA) is 122 Å². The molecule has 1 unspecified atom stereocenters. The summed E-state index contributed by atoms with van der Waals surface area (Å²) >= 11 is 1.45. The minimum atomic E-state index is -3.98. The first-order valence-corrected chi connectivity index (χ1v) is 14.2. The van der Waals surface area contributed by atoms with Crippen LogP contribution in [0.5, 0.6) is 5.75 Å². The average Bonchev–Trinajstić information content (AvgIpc) is 2.76. The summed E-state index contributed by atoms with van der Waals surface area (Å²) in [7, 11) is -3.98. The van der Waals surface area contributed by atoms with Crippen LogP contribution in [-0.2, 0) is 19.6 Å². The Hall–Kier alpha value is -2.42. The lowest BCUT2D eigenvalue weighted by Gasteiger charge is -2.42. The second-order valence-corrected chi connectivity index (χ2v) is 13.4. The van der Waals surface area contributed by atoms with E-state index in [9.17, 15) is 23.1 Å². The number of hydrogen-bond acceptors (Lipinski definition) is 7. The van der Waals surface area contributed by atoms with Gasteiger partial charge in [0.1, 0.15) is 24.0 Å². The number of benzene rings is 1. The summed E-state index contributed by atoms with van der Waals surface area (Å²) in [6.07, 6.45) is 1.83. The number of alkyl carbamates (subject to hydrolysis) is 1. The van der Waals surface area contributed by atoms with Crippen LogP contribution in [0.4, 0.5) is 4.79 Å². The maximum Gasteiger partial charge on any atom is 0.407 e. The smallest absolute Gasteiger partial charge is 0.407 e. The Labute approximate surface area is 218 Å². The number of aliphatic carboxylic acids is 1. The van der Waals surface area contributed by atoms with Gasteiger partial charge in [0.25, 0.3) is 0 Å². The van der Waals surface area contributed by atoms with Gasteiger partial charge in [-0.1, -0.05) is 11.8 Å². The zero-order chi connectivity index (χ0) is 27.0. The molecule has 200 valence electrons. The van der Waals surface area contributed by atoms with Crippen LogP contribution in [0.15, 0.2) is 29.2 Å². The van der Waals surface area contributed by atoms with Crippen LogP contribution in [0, 0.1) is 11.8 Å². The van der Waals surface area contributed by atoms with Crippen LogP contribution < -0.4 is 10.1 Å². The summed E-state index contributed by atoms with van der Waals surface area (Å²) in [4.78, 5) is 23.4. The fraction of sp³-hybridized carbons (Fsp3) is 0.600. The molecule has 1 aliphatic heterocycles. The molecule has 1 aromatic carbocycles. The molecule has 1 fully saturated rings. The molecule has 0 aromatic heterocycles. The van der Waals surface area contributed by atoms with Gasteiger partial charge in [-0.25, -0.2) is 13.2 Å². The maximum absolute atomic E-state index is 13.2. The third kappa shape index (κ3) is 8.91. The number of unbranched alkanes of at least 4 members (excludes halogenated alkanes) is 2. The first kappa shape index (κ1) is 29.8. The van der Waals surface area contributed by atoms with Crippen molar-refractivity contribution in [3.63, 3.8) is 0 Å². The minimum Gasteiger partial charge on any atom is -0.481 e. The van der Waals surface area contributed by atoms with Crippen molar-refractivity contribution in [2.45, 2.75) is 75.2 Å². The normalized spacial score (nSPS) is 18.0. The van der Waals surface area contributed by atoms with Gasteiger partial charge in [0.2, 0.25) is 10.0 Å². The molecule has 1 saturated heterocycles. The molecule has 1 heterocycles.